The number of benzene rings is 2. The summed E-state index contributed by atoms with van der Waals surface area (Å²) < 4.78 is 5.65. The van der Waals surface area contributed by atoms with Gasteiger partial charge in [0.25, 0.3) is 0 Å². The maximum Gasteiger partial charge on any atom is 0.124 e. The second-order valence-corrected chi connectivity index (χ2v) is 7.46. The fraction of sp³-hybridized carbons (Fsp3) is 0.435. The number of hydrazone groups is 1. The number of ether oxygens (including phenoxy) is 1. The van der Waals surface area contributed by atoms with Crippen molar-refractivity contribution >= 4 is 11.4 Å². The van der Waals surface area contributed by atoms with Crippen molar-refractivity contribution in [3.63, 3.8) is 0 Å². The molecule has 2 aromatic rings. The van der Waals surface area contributed by atoms with Gasteiger partial charge in [0, 0.05) is 30.7 Å². The quantitative estimate of drug-likeness (QED) is 0.732. The lowest BCUT2D eigenvalue weighted by atomic mass is 9.99. The van der Waals surface area contributed by atoms with Gasteiger partial charge in [-0.25, -0.2) is 0 Å². The van der Waals surface area contributed by atoms with Crippen LogP contribution >= 0.6 is 0 Å². The Morgan fingerprint density at radius 2 is 1.70 bits per heavy atom. The van der Waals surface area contributed by atoms with Crippen LogP contribution in [-0.2, 0) is 0 Å². The number of rotatable bonds is 6. The summed E-state index contributed by atoms with van der Waals surface area (Å²) in [5, 5.41) is 7.23. The average molecular weight is 364 g/mol. The van der Waals surface area contributed by atoms with E-state index in [0.717, 1.165) is 30.8 Å². The summed E-state index contributed by atoms with van der Waals surface area (Å²) in [6.07, 6.45) is 6.08. The Morgan fingerprint density at radius 1 is 0.963 bits per heavy atom. The Balaban J connectivity index is 1.55. The van der Waals surface area contributed by atoms with Crippen molar-refractivity contribution in [2.24, 2.45) is 5.10 Å². The lowest BCUT2D eigenvalue weighted by molar-refractivity contribution is 0.235. The average Bonchev–Trinajstić information content (AvgIpc) is 3.18. The zero-order valence-corrected chi connectivity index (χ0v) is 16.2. The monoisotopic (exact) mass is 363 g/mol. The van der Waals surface area contributed by atoms with E-state index in [9.17, 15) is 0 Å². The SMILES string of the molecule is COc1ccccc1C1CC(CCN2CCCCC2)=NN1c1ccccc1. The number of likely N-dealkylation sites (tertiary alicyclic amines) is 1. The molecule has 2 aliphatic rings. The predicted molar refractivity (Wildman–Crippen MR) is 112 cm³/mol. The topological polar surface area (TPSA) is 28.1 Å². The first-order chi connectivity index (χ1) is 13.3. The van der Waals surface area contributed by atoms with Gasteiger partial charge < -0.3 is 9.64 Å². The molecule has 1 atom stereocenters. The van der Waals surface area contributed by atoms with Crippen LogP contribution in [0.15, 0.2) is 59.7 Å². The van der Waals surface area contributed by atoms with Crippen molar-refractivity contribution in [1.82, 2.24) is 4.90 Å². The van der Waals surface area contributed by atoms with E-state index in [-0.39, 0.29) is 6.04 Å². The minimum atomic E-state index is 0.194. The molecular formula is C23H29N3O. The number of hydrogen-bond acceptors (Lipinski definition) is 4. The molecule has 0 saturated carbocycles. The number of para-hydroxylation sites is 2. The van der Waals surface area contributed by atoms with Crippen LogP contribution < -0.4 is 9.75 Å². The van der Waals surface area contributed by atoms with Gasteiger partial charge in [-0.15, -0.1) is 0 Å². The number of nitrogens with zero attached hydrogens (tertiary/aromatic N) is 3. The molecule has 0 amide bonds. The molecule has 2 aliphatic heterocycles. The summed E-state index contributed by atoms with van der Waals surface area (Å²) >= 11 is 0. The third-order valence-corrected chi connectivity index (χ3v) is 5.66. The van der Waals surface area contributed by atoms with Gasteiger partial charge in [-0.2, -0.15) is 5.10 Å². The molecule has 2 heterocycles. The lowest BCUT2D eigenvalue weighted by Crippen LogP contribution is -2.31. The van der Waals surface area contributed by atoms with E-state index < -0.39 is 0 Å². The van der Waals surface area contributed by atoms with Gasteiger partial charge >= 0.3 is 0 Å². The molecule has 1 saturated heterocycles. The normalized spacial score (nSPS) is 20.6. The molecule has 2 aromatic carbocycles. The van der Waals surface area contributed by atoms with Crippen molar-refractivity contribution < 1.29 is 4.74 Å². The van der Waals surface area contributed by atoms with Crippen LogP contribution in [-0.4, -0.2) is 37.4 Å². The summed E-state index contributed by atoms with van der Waals surface area (Å²) in [5.41, 5.74) is 3.64. The molecule has 4 rings (SSSR count). The first kappa shape index (κ1) is 18.1. The van der Waals surface area contributed by atoms with E-state index in [1.807, 2.05) is 12.1 Å². The van der Waals surface area contributed by atoms with Crippen LogP contribution in [0.1, 0.15) is 43.7 Å². The van der Waals surface area contributed by atoms with Crippen LogP contribution in [0.4, 0.5) is 5.69 Å². The third kappa shape index (κ3) is 4.16. The van der Waals surface area contributed by atoms with E-state index in [1.54, 1.807) is 7.11 Å². The van der Waals surface area contributed by atoms with Crippen molar-refractivity contribution in [3.05, 3.63) is 60.2 Å². The molecule has 1 fully saturated rings. The second kappa shape index (κ2) is 8.57. The first-order valence-corrected chi connectivity index (χ1v) is 10.1. The molecule has 1 unspecified atom stereocenters. The summed E-state index contributed by atoms with van der Waals surface area (Å²) in [5.74, 6) is 0.941. The number of piperidine rings is 1. The summed E-state index contributed by atoms with van der Waals surface area (Å²) in [4.78, 5) is 2.59. The van der Waals surface area contributed by atoms with Crippen LogP contribution in [0.25, 0.3) is 0 Å². The van der Waals surface area contributed by atoms with Crippen molar-refractivity contribution in [2.75, 3.05) is 31.8 Å². The Bertz CT molecular complexity index is 768. The Kier molecular flexibility index (Phi) is 5.73. The van der Waals surface area contributed by atoms with Gasteiger partial charge in [-0.05, 0) is 44.1 Å². The molecule has 4 heteroatoms. The van der Waals surface area contributed by atoms with Crippen molar-refractivity contribution in [2.45, 2.75) is 38.1 Å². The highest BCUT2D eigenvalue weighted by Gasteiger charge is 2.31. The largest absolute Gasteiger partial charge is 0.496 e. The summed E-state index contributed by atoms with van der Waals surface area (Å²) in [6, 6.07) is 19.0. The Morgan fingerprint density at radius 3 is 2.48 bits per heavy atom. The fourth-order valence-corrected chi connectivity index (χ4v) is 4.20. The van der Waals surface area contributed by atoms with Crippen LogP contribution in [0.2, 0.25) is 0 Å². The minimum Gasteiger partial charge on any atom is -0.496 e. The van der Waals surface area contributed by atoms with E-state index >= 15 is 0 Å². The molecule has 142 valence electrons. The van der Waals surface area contributed by atoms with E-state index in [0.29, 0.717) is 0 Å². The number of anilines is 1. The smallest absolute Gasteiger partial charge is 0.124 e. The minimum absolute atomic E-state index is 0.194. The molecular weight excluding hydrogens is 334 g/mol. The summed E-state index contributed by atoms with van der Waals surface area (Å²) in [6.45, 7) is 3.61. The van der Waals surface area contributed by atoms with Crippen LogP contribution in [0.5, 0.6) is 5.75 Å². The number of methoxy groups -OCH3 is 1. The Hall–Kier alpha value is -2.33. The fourth-order valence-electron chi connectivity index (χ4n) is 4.20. The maximum atomic E-state index is 5.65. The van der Waals surface area contributed by atoms with Crippen LogP contribution in [0, 0.1) is 0 Å². The highest BCUT2D eigenvalue weighted by Crippen LogP contribution is 2.39. The van der Waals surface area contributed by atoms with E-state index in [1.165, 1.54) is 43.6 Å². The van der Waals surface area contributed by atoms with Gasteiger partial charge in [-0.1, -0.05) is 42.8 Å². The van der Waals surface area contributed by atoms with Gasteiger partial charge in [0.2, 0.25) is 0 Å². The zero-order chi connectivity index (χ0) is 18.5. The van der Waals surface area contributed by atoms with Crippen LogP contribution in [0.3, 0.4) is 0 Å². The molecule has 0 aliphatic carbocycles. The Labute approximate surface area is 162 Å². The predicted octanol–water partition coefficient (Wildman–Crippen LogP) is 4.88. The maximum absolute atomic E-state index is 5.65. The third-order valence-electron chi connectivity index (χ3n) is 5.66. The molecule has 0 bridgehead atoms. The molecule has 0 spiro atoms. The highest BCUT2D eigenvalue weighted by molar-refractivity contribution is 5.89. The zero-order valence-electron chi connectivity index (χ0n) is 16.2. The van der Waals surface area contributed by atoms with E-state index in [4.69, 9.17) is 9.84 Å². The van der Waals surface area contributed by atoms with Gasteiger partial charge in [0.1, 0.15) is 5.75 Å². The van der Waals surface area contributed by atoms with Gasteiger partial charge in [-0.3, -0.25) is 5.01 Å². The van der Waals surface area contributed by atoms with Crippen molar-refractivity contribution in [3.8, 4) is 5.75 Å². The first-order valence-electron chi connectivity index (χ1n) is 10.1. The summed E-state index contributed by atoms with van der Waals surface area (Å²) in [7, 11) is 1.75. The number of hydrogen-bond donors (Lipinski definition) is 0. The molecule has 0 aromatic heterocycles. The van der Waals surface area contributed by atoms with Gasteiger partial charge in [0.15, 0.2) is 0 Å². The standard InChI is InChI=1S/C23H29N3O/c1-27-23-13-7-6-12-21(23)22-18-19(14-17-25-15-8-3-9-16-25)24-26(22)20-10-4-2-5-11-20/h2,4-7,10-13,22H,3,8-9,14-18H2,1H3. The van der Waals surface area contributed by atoms with Gasteiger partial charge in [0.05, 0.1) is 18.8 Å². The molecule has 0 N–H and O–H groups in total. The molecule has 4 nitrogen and oxygen atoms in total. The molecule has 27 heavy (non-hydrogen) atoms. The lowest BCUT2D eigenvalue weighted by Gasteiger charge is -2.26. The van der Waals surface area contributed by atoms with E-state index in [2.05, 4.69) is 52.4 Å². The highest BCUT2D eigenvalue weighted by atomic mass is 16.5. The second-order valence-electron chi connectivity index (χ2n) is 7.46. The van der Waals surface area contributed by atoms with Crippen molar-refractivity contribution in [1.29, 1.82) is 0 Å². The molecule has 0 radical (unpaired) electrons.